The number of ketones is 1. The number of rotatable bonds is 5. The Morgan fingerprint density at radius 3 is 2.20 bits per heavy atom. The SMILES string of the molecule is CC(=O)c1c(C)c2cnc(Nc3ccc(C(=O)N4CC5CN(C(=O)OC(C)(C)C)CC5C4)cn3)nc2n(C2CCCC2)c1=O. The Morgan fingerprint density at radius 2 is 1.61 bits per heavy atom. The van der Waals surface area contributed by atoms with Crippen molar-refractivity contribution in [2.24, 2.45) is 11.8 Å². The fourth-order valence-electron chi connectivity index (χ4n) is 6.83. The molecular weight excluding hydrogens is 562 g/mol. The third-order valence-electron chi connectivity index (χ3n) is 8.93. The number of nitrogens with one attached hydrogen (secondary N) is 1. The molecule has 0 bridgehead atoms. The number of nitrogens with zero attached hydrogens (tertiary/aromatic N) is 6. The van der Waals surface area contributed by atoms with Gasteiger partial charge in [0.25, 0.3) is 11.5 Å². The lowest BCUT2D eigenvalue weighted by Crippen LogP contribution is -2.38. The molecule has 232 valence electrons. The summed E-state index contributed by atoms with van der Waals surface area (Å²) < 4.78 is 7.19. The number of ether oxygens (including phenoxy) is 1. The van der Waals surface area contributed by atoms with E-state index in [-0.39, 0.29) is 52.7 Å². The minimum atomic E-state index is -0.539. The maximum atomic E-state index is 13.5. The summed E-state index contributed by atoms with van der Waals surface area (Å²) in [5.74, 6) is 0.819. The standard InChI is InChI=1S/C32H39N7O5/c1-18-24-13-34-30(36-27(24)39(23-8-6-7-9-23)29(42)26(18)19(2)40)35-25-11-10-20(12-33-25)28(41)37-14-21-16-38(17-22(21)15-37)31(43)44-32(3,4)5/h10-13,21-23H,6-9,14-17H2,1-5H3,(H,33,34,35,36). The largest absolute Gasteiger partial charge is 0.444 e. The fraction of sp³-hybridized carbons (Fsp3) is 0.531. The molecule has 3 fully saturated rings. The predicted octanol–water partition coefficient (Wildman–Crippen LogP) is 4.50. The molecule has 12 heteroatoms. The van der Waals surface area contributed by atoms with Gasteiger partial charge in [0, 0.05) is 61.8 Å². The Hall–Kier alpha value is -4.35. The maximum absolute atomic E-state index is 13.5. The Kier molecular flexibility index (Phi) is 7.63. The van der Waals surface area contributed by atoms with Crippen LogP contribution in [0.1, 0.15) is 85.7 Å². The van der Waals surface area contributed by atoms with Crippen molar-refractivity contribution in [2.75, 3.05) is 31.5 Å². The molecule has 3 aromatic heterocycles. The number of carbonyl (C=O) groups excluding carboxylic acids is 3. The van der Waals surface area contributed by atoms with Crippen LogP contribution in [0.4, 0.5) is 16.6 Å². The first-order chi connectivity index (χ1) is 20.9. The number of amides is 2. The van der Waals surface area contributed by atoms with Crippen LogP contribution in [-0.2, 0) is 4.74 Å². The summed E-state index contributed by atoms with van der Waals surface area (Å²) in [6.45, 7) is 11.1. The minimum Gasteiger partial charge on any atom is -0.444 e. The second-order valence-corrected chi connectivity index (χ2v) is 13.3. The summed E-state index contributed by atoms with van der Waals surface area (Å²) in [5, 5.41) is 3.77. The van der Waals surface area contributed by atoms with Crippen molar-refractivity contribution >= 4 is 40.6 Å². The monoisotopic (exact) mass is 601 g/mol. The number of likely N-dealkylation sites (tertiary alicyclic amines) is 2. The molecule has 6 rings (SSSR count). The van der Waals surface area contributed by atoms with E-state index in [4.69, 9.17) is 9.72 Å². The van der Waals surface area contributed by atoms with Crippen molar-refractivity contribution < 1.29 is 19.1 Å². The Morgan fingerprint density at radius 1 is 0.955 bits per heavy atom. The average Bonchev–Trinajstić information content (AvgIpc) is 3.70. The molecule has 44 heavy (non-hydrogen) atoms. The maximum Gasteiger partial charge on any atom is 0.410 e. The zero-order chi connectivity index (χ0) is 31.3. The molecule has 0 radical (unpaired) electrons. The minimum absolute atomic E-state index is 0.0135. The number of pyridine rings is 2. The van der Waals surface area contributed by atoms with E-state index >= 15 is 0 Å². The van der Waals surface area contributed by atoms with E-state index < -0.39 is 5.60 Å². The van der Waals surface area contributed by atoms with Gasteiger partial charge in [0.05, 0.1) is 11.1 Å². The molecule has 1 N–H and O–H groups in total. The third kappa shape index (κ3) is 5.65. The van der Waals surface area contributed by atoms with Crippen LogP contribution in [-0.4, -0.2) is 78.9 Å². The van der Waals surface area contributed by atoms with Gasteiger partial charge in [0.2, 0.25) is 5.95 Å². The van der Waals surface area contributed by atoms with Crippen molar-refractivity contribution in [3.05, 3.63) is 51.6 Å². The first kappa shape index (κ1) is 29.7. The van der Waals surface area contributed by atoms with Crippen molar-refractivity contribution in [2.45, 2.75) is 71.9 Å². The number of aromatic nitrogens is 4. The number of aryl methyl sites for hydroxylation is 1. The van der Waals surface area contributed by atoms with Gasteiger partial charge in [-0.3, -0.25) is 19.0 Å². The highest BCUT2D eigenvalue weighted by atomic mass is 16.6. The lowest BCUT2D eigenvalue weighted by atomic mass is 10.0. The first-order valence-electron chi connectivity index (χ1n) is 15.3. The molecule has 0 aromatic carbocycles. The molecule has 3 aromatic rings. The van der Waals surface area contributed by atoms with Gasteiger partial charge in [-0.2, -0.15) is 4.98 Å². The van der Waals surface area contributed by atoms with Crippen LogP contribution in [0.2, 0.25) is 0 Å². The molecule has 2 aliphatic heterocycles. The van der Waals surface area contributed by atoms with E-state index in [1.165, 1.54) is 13.1 Å². The zero-order valence-corrected chi connectivity index (χ0v) is 25.9. The second-order valence-electron chi connectivity index (χ2n) is 13.3. The first-order valence-corrected chi connectivity index (χ1v) is 15.3. The molecule has 5 heterocycles. The van der Waals surface area contributed by atoms with Crippen LogP contribution in [0.3, 0.4) is 0 Å². The Labute approximate surface area is 255 Å². The van der Waals surface area contributed by atoms with Crippen LogP contribution in [0, 0.1) is 18.8 Å². The van der Waals surface area contributed by atoms with Crippen LogP contribution < -0.4 is 10.9 Å². The molecule has 2 unspecified atom stereocenters. The van der Waals surface area contributed by atoms with Crippen LogP contribution >= 0.6 is 0 Å². The van der Waals surface area contributed by atoms with Gasteiger partial charge >= 0.3 is 6.09 Å². The number of hydrogen-bond acceptors (Lipinski definition) is 9. The van der Waals surface area contributed by atoms with E-state index in [1.807, 2.05) is 25.7 Å². The highest BCUT2D eigenvalue weighted by Gasteiger charge is 2.44. The highest BCUT2D eigenvalue weighted by Crippen LogP contribution is 2.34. The van der Waals surface area contributed by atoms with E-state index in [0.29, 0.717) is 54.2 Å². The van der Waals surface area contributed by atoms with Gasteiger partial charge in [-0.1, -0.05) is 12.8 Å². The number of hydrogen-bond donors (Lipinski definition) is 1. The topological polar surface area (TPSA) is 140 Å². The summed E-state index contributed by atoms with van der Waals surface area (Å²) in [7, 11) is 0. The quantitative estimate of drug-likeness (QED) is 0.419. The highest BCUT2D eigenvalue weighted by molar-refractivity contribution is 5.99. The van der Waals surface area contributed by atoms with Gasteiger partial charge in [0.1, 0.15) is 17.1 Å². The van der Waals surface area contributed by atoms with Crippen molar-refractivity contribution in [3.63, 3.8) is 0 Å². The number of fused-ring (bicyclic) bond motifs is 2. The second kappa shape index (κ2) is 11.3. The Bertz CT molecular complexity index is 1670. The summed E-state index contributed by atoms with van der Waals surface area (Å²) >= 11 is 0. The summed E-state index contributed by atoms with van der Waals surface area (Å²) in [4.78, 5) is 68.8. The molecule has 2 atom stereocenters. The third-order valence-corrected chi connectivity index (χ3v) is 8.93. The lowest BCUT2D eigenvalue weighted by Gasteiger charge is -2.26. The predicted molar refractivity (Wildman–Crippen MR) is 164 cm³/mol. The van der Waals surface area contributed by atoms with Crippen LogP contribution in [0.25, 0.3) is 11.0 Å². The molecule has 1 saturated carbocycles. The molecule has 0 spiro atoms. The van der Waals surface area contributed by atoms with E-state index in [2.05, 4.69) is 15.3 Å². The van der Waals surface area contributed by atoms with Gasteiger partial charge in [-0.25, -0.2) is 14.8 Å². The van der Waals surface area contributed by atoms with Crippen LogP contribution in [0.5, 0.6) is 0 Å². The van der Waals surface area contributed by atoms with Gasteiger partial charge in [-0.15, -0.1) is 0 Å². The number of Topliss-reactive ketones (excluding diaryl/α,β-unsaturated/α-hetero) is 1. The van der Waals surface area contributed by atoms with Crippen molar-refractivity contribution in [3.8, 4) is 0 Å². The van der Waals surface area contributed by atoms with Gasteiger partial charge in [-0.05, 0) is 65.2 Å². The van der Waals surface area contributed by atoms with Gasteiger partial charge < -0.3 is 19.9 Å². The molecule has 12 nitrogen and oxygen atoms in total. The van der Waals surface area contributed by atoms with Crippen LogP contribution in [0.15, 0.2) is 29.3 Å². The van der Waals surface area contributed by atoms with E-state index in [9.17, 15) is 19.2 Å². The molecule has 2 saturated heterocycles. The number of carbonyl (C=O) groups is 3. The zero-order valence-electron chi connectivity index (χ0n) is 25.9. The Balaban J connectivity index is 1.15. The van der Waals surface area contributed by atoms with Gasteiger partial charge in [0.15, 0.2) is 5.78 Å². The van der Waals surface area contributed by atoms with Crippen molar-refractivity contribution in [1.29, 1.82) is 0 Å². The summed E-state index contributed by atoms with van der Waals surface area (Å²) in [5.41, 5.74) is 0.909. The molecular formula is C32H39N7O5. The van der Waals surface area contributed by atoms with E-state index in [0.717, 1.165) is 25.7 Å². The fourth-order valence-corrected chi connectivity index (χ4v) is 6.83. The summed E-state index contributed by atoms with van der Waals surface area (Å²) in [6.07, 6.45) is 6.64. The normalized spacial score (nSPS) is 20.3. The van der Waals surface area contributed by atoms with E-state index in [1.54, 1.807) is 34.7 Å². The molecule has 1 aliphatic carbocycles. The molecule has 3 aliphatic rings. The smallest absolute Gasteiger partial charge is 0.410 e. The van der Waals surface area contributed by atoms with Crippen molar-refractivity contribution in [1.82, 2.24) is 29.3 Å². The summed E-state index contributed by atoms with van der Waals surface area (Å²) in [6, 6.07) is 3.41. The number of anilines is 2. The lowest BCUT2D eigenvalue weighted by molar-refractivity contribution is 0.0275. The molecule has 2 amide bonds. The average molecular weight is 602 g/mol.